The van der Waals surface area contributed by atoms with E-state index in [1.165, 1.54) is 6.20 Å². The van der Waals surface area contributed by atoms with Gasteiger partial charge in [-0.1, -0.05) is 0 Å². The fourth-order valence-electron chi connectivity index (χ4n) is 1.91. The summed E-state index contributed by atoms with van der Waals surface area (Å²) in [6.45, 7) is 6.29. The summed E-state index contributed by atoms with van der Waals surface area (Å²) in [7, 11) is 0. The molecule has 0 fully saturated rings. The average Bonchev–Trinajstić information content (AvgIpc) is 2.82. The van der Waals surface area contributed by atoms with Gasteiger partial charge in [0.1, 0.15) is 0 Å². The second-order valence-corrected chi connectivity index (χ2v) is 7.25. The van der Waals surface area contributed by atoms with E-state index in [-0.39, 0.29) is 5.97 Å². The molecule has 2 rings (SSSR count). The molecule has 0 amide bonds. The van der Waals surface area contributed by atoms with Crippen LogP contribution in [0.2, 0.25) is 0 Å². The zero-order valence-corrected chi connectivity index (χ0v) is 15.5. The standard InChI is InChI=1S/C13H16N3O2.In.H/c1-4-6-10-7-9(3)16-12(15-10)11(8-14-16)13(17)18-5-2;;/h6-8H,4-5H2,1-3H3;;. The van der Waals surface area contributed by atoms with E-state index in [0.717, 1.165) is 42.2 Å². The molecule has 0 spiro atoms. The van der Waals surface area contributed by atoms with Crippen molar-refractivity contribution in [1.82, 2.24) is 14.6 Å². The molecule has 0 N–H and O–H groups in total. The van der Waals surface area contributed by atoms with Crippen LogP contribution in [0.3, 0.4) is 0 Å². The molecule has 6 heteroatoms. The molecule has 0 saturated heterocycles. The van der Waals surface area contributed by atoms with Crippen LogP contribution in [0, 0.1) is 6.92 Å². The van der Waals surface area contributed by atoms with Crippen molar-refractivity contribution in [2.24, 2.45) is 0 Å². The number of hydrogen-bond acceptors (Lipinski definition) is 4. The Labute approximate surface area is 126 Å². The summed E-state index contributed by atoms with van der Waals surface area (Å²) in [4.78, 5) is 16.5. The van der Waals surface area contributed by atoms with Gasteiger partial charge >= 0.3 is 127 Å². The molecular weight excluding hydrogens is 345 g/mol. The number of ether oxygens (including phenoxy) is 1. The first-order chi connectivity index (χ1) is 9.08. The van der Waals surface area contributed by atoms with Crippen LogP contribution in [-0.4, -0.2) is 51.5 Å². The molecule has 2 heterocycles. The molecule has 5 nitrogen and oxygen atoms in total. The van der Waals surface area contributed by atoms with Gasteiger partial charge in [-0.3, -0.25) is 0 Å². The van der Waals surface area contributed by atoms with Crippen molar-refractivity contribution >= 4 is 36.0 Å². The molecule has 0 saturated carbocycles. The molecule has 1 unspecified atom stereocenters. The van der Waals surface area contributed by atoms with Crippen molar-refractivity contribution in [2.45, 2.75) is 30.9 Å². The van der Waals surface area contributed by atoms with Crippen LogP contribution in [0.25, 0.3) is 5.65 Å². The van der Waals surface area contributed by atoms with Gasteiger partial charge < -0.3 is 0 Å². The van der Waals surface area contributed by atoms with Crippen LogP contribution in [0.15, 0.2) is 12.3 Å². The van der Waals surface area contributed by atoms with E-state index in [1.807, 2.05) is 6.92 Å². The first-order valence-corrected chi connectivity index (χ1v) is 8.77. The molecular formula is C13H17InN3O2. The number of aryl methyl sites for hydroxylation is 1. The summed E-state index contributed by atoms with van der Waals surface area (Å²) < 4.78 is 7.26. The third-order valence-corrected chi connectivity index (χ3v) is 5.92. The number of hydrogen-bond donors (Lipinski definition) is 0. The summed E-state index contributed by atoms with van der Waals surface area (Å²) in [5, 5.41) is 4.22. The number of rotatable bonds is 4. The zero-order chi connectivity index (χ0) is 14.0. The summed E-state index contributed by atoms with van der Waals surface area (Å²) in [6, 6.07) is 2.06. The molecule has 99 valence electrons. The topological polar surface area (TPSA) is 56.5 Å². The SMILES string of the molecule is CCOC(=O)c1cnn2c(C)cc([CH]([InH])CC)nc12. The van der Waals surface area contributed by atoms with E-state index in [9.17, 15) is 4.79 Å². The first kappa shape index (κ1) is 14.4. The Balaban J connectivity index is 2.56. The summed E-state index contributed by atoms with van der Waals surface area (Å²) >= 11 is 0.806. The normalized spacial score (nSPS) is 12.6. The van der Waals surface area contributed by atoms with Gasteiger partial charge in [0.25, 0.3) is 0 Å². The number of aromatic nitrogens is 3. The molecule has 19 heavy (non-hydrogen) atoms. The summed E-state index contributed by atoms with van der Waals surface area (Å²) in [6.07, 6.45) is 2.62. The molecule has 0 aromatic carbocycles. The van der Waals surface area contributed by atoms with Crippen LogP contribution in [-0.2, 0) is 4.74 Å². The Morgan fingerprint density at radius 1 is 1.53 bits per heavy atom. The number of carbonyl (C=O) groups excluding carboxylic acids is 1. The fourth-order valence-corrected chi connectivity index (χ4v) is 2.51. The maximum absolute atomic E-state index is 11.9. The predicted molar refractivity (Wildman–Crippen MR) is 73.9 cm³/mol. The van der Waals surface area contributed by atoms with E-state index >= 15 is 0 Å². The predicted octanol–water partition coefficient (Wildman–Crippen LogP) is 1.57. The van der Waals surface area contributed by atoms with Crippen molar-refractivity contribution in [3.8, 4) is 0 Å². The van der Waals surface area contributed by atoms with Gasteiger partial charge in [-0.25, -0.2) is 0 Å². The minimum atomic E-state index is -0.356. The van der Waals surface area contributed by atoms with Crippen molar-refractivity contribution < 1.29 is 9.53 Å². The van der Waals surface area contributed by atoms with E-state index < -0.39 is 0 Å². The van der Waals surface area contributed by atoms with Gasteiger partial charge in [-0.2, -0.15) is 0 Å². The van der Waals surface area contributed by atoms with Crippen molar-refractivity contribution in [2.75, 3.05) is 6.61 Å². The van der Waals surface area contributed by atoms with Crippen molar-refractivity contribution in [3.63, 3.8) is 0 Å². The fraction of sp³-hybridized carbons (Fsp3) is 0.462. The van der Waals surface area contributed by atoms with Gasteiger partial charge in [-0.15, -0.1) is 0 Å². The molecule has 1 atom stereocenters. The van der Waals surface area contributed by atoms with E-state index in [4.69, 9.17) is 4.74 Å². The van der Waals surface area contributed by atoms with Crippen LogP contribution < -0.4 is 0 Å². The Bertz CT molecular complexity index is 609. The van der Waals surface area contributed by atoms with E-state index in [0.29, 0.717) is 21.5 Å². The Morgan fingerprint density at radius 3 is 2.89 bits per heavy atom. The number of nitrogens with zero attached hydrogens (tertiary/aromatic N) is 3. The number of fused-ring (bicyclic) bond motifs is 1. The van der Waals surface area contributed by atoms with E-state index in [1.54, 1.807) is 11.4 Å². The molecule has 0 aliphatic rings. The van der Waals surface area contributed by atoms with Gasteiger partial charge in [-0.05, 0) is 0 Å². The zero-order valence-electron chi connectivity index (χ0n) is 11.5. The van der Waals surface area contributed by atoms with Crippen molar-refractivity contribution in [3.05, 3.63) is 29.2 Å². The average molecular weight is 362 g/mol. The second-order valence-electron chi connectivity index (χ2n) is 4.44. The molecule has 0 aliphatic carbocycles. The van der Waals surface area contributed by atoms with Crippen LogP contribution in [0.4, 0.5) is 0 Å². The molecule has 2 aromatic rings. The first-order valence-electron chi connectivity index (χ1n) is 6.43. The monoisotopic (exact) mass is 362 g/mol. The third kappa shape index (κ3) is 2.78. The van der Waals surface area contributed by atoms with Gasteiger partial charge in [0, 0.05) is 0 Å². The van der Waals surface area contributed by atoms with E-state index in [2.05, 4.69) is 23.1 Å². The van der Waals surface area contributed by atoms with Crippen LogP contribution >= 0.6 is 0 Å². The number of carbonyl (C=O) groups is 1. The van der Waals surface area contributed by atoms with Crippen LogP contribution in [0.1, 0.15) is 45.7 Å². The van der Waals surface area contributed by atoms with Crippen molar-refractivity contribution in [1.29, 1.82) is 0 Å². The van der Waals surface area contributed by atoms with Crippen LogP contribution in [0.5, 0.6) is 0 Å². The molecule has 0 aliphatic heterocycles. The molecule has 1 radical (unpaired) electrons. The summed E-state index contributed by atoms with van der Waals surface area (Å²) in [5.74, 6) is -0.356. The van der Waals surface area contributed by atoms with Gasteiger partial charge in [0.2, 0.25) is 0 Å². The maximum atomic E-state index is 11.9. The van der Waals surface area contributed by atoms with Gasteiger partial charge in [0.15, 0.2) is 0 Å². The Kier molecular flexibility index (Phi) is 4.50. The molecule has 2 aromatic heterocycles. The summed E-state index contributed by atoms with van der Waals surface area (Å²) in [5.41, 5.74) is 3.11. The minimum absolute atomic E-state index is 0.356. The second kappa shape index (κ2) is 5.94. The Morgan fingerprint density at radius 2 is 2.26 bits per heavy atom. The number of esters is 1. The van der Waals surface area contributed by atoms with Gasteiger partial charge in [0.05, 0.1) is 0 Å². The third-order valence-electron chi connectivity index (χ3n) is 3.08. The quantitative estimate of drug-likeness (QED) is 0.775. The molecule has 0 bridgehead atoms. The Hall–Kier alpha value is -1.04.